The Labute approximate surface area is 226 Å². The molecule has 0 unspecified atom stereocenters. The van der Waals surface area contributed by atoms with E-state index in [0.29, 0.717) is 44.2 Å². The molecule has 2 amide bonds. The number of amides is 2. The Kier molecular flexibility index (Phi) is 10.2. The number of hydrogen-bond donors (Lipinski definition) is 0. The van der Waals surface area contributed by atoms with E-state index in [-0.39, 0.29) is 28.5 Å². The lowest BCUT2D eigenvalue weighted by atomic mass is 10.0. The highest BCUT2D eigenvalue weighted by molar-refractivity contribution is 5.96. The summed E-state index contributed by atoms with van der Waals surface area (Å²) in [4.78, 5) is 50.2. The maximum atomic E-state index is 13.2. The molecule has 0 aromatic rings. The molecule has 2 aliphatic heterocycles. The lowest BCUT2D eigenvalue weighted by Gasteiger charge is -2.38. The minimum Gasteiger partial charge on any atom is -0.448 e. The SMILES string of the molecule is CCCCCCN(C(=O)ON1CCN(C(=O)c2cc3coc(N(CC)CC)cc-3cc2=O)CC1)C(C)(C)C. The van der Waals surface area contributed by atoms with Crippen LogP contribution in [0.25, 0.3) is 11.1 Å². The van der Waals surface area contributed by atoms with Crippen molar-refractivity contribution in [3.05, 3.63) is 40.2 Å². The average molecular weight is 529 g/mol. The van der Waals surface area contributed by atoms with Crippen LogP contribution in [0.15, 0.2) is 33.7 Å². The number of unbranched alkanes of at least 4 members (excludes halogenated alkanes) is 3. The molecule has 9 heteroatoms. The summed E-state index contributed by atoms with van der Waals surface area (Å²) in [6, 6.07) is 4.96. The van der Waals surface area contributed by atoms with E-state index in [0.717, 1.165) is 44.3 Å². The Morgan fingerprint density at radius 3 is 2.24 bits per heavy atom. The number of rotatable bonds is 10. The third kappa shape index (κ3) is 7.28. The number of nitrogens with zero attached hydrogens (tertiary/aromatic N) is 4. The van der Waals surface area contributed by atoms with Crippen molar-refractivity contribution in [1.82, 2.24) is 14.9 Å². The van der Waals surface area contributed by atoms with Crippen molar-refractivity contribution in [3.8, 4) is 11.1 Å². The normalized spacial score (nSPS) is 14.5. The highest BCUT2D eigenvalue weighted by Crippen LogP contribution is 2.27. The fourth-order valence-electron chi connectivity index (χ4n) is 4.71. The first-order valence-corrected chi connectivity index (χ1v) is 13.9. The smallest absolute Gasteiger partial charge is 0.429 e. The van der Waals surface area contributed by atoms with Crippen molar-refractivity contribution in [1.29, 1.82) is 0 Å². The number of carbonyl (C=O) groups is 2. The molecule has 2 heterocycles. The van der Waals surface area contributed by atoms with Gasteiger partial charge in [-0.25, -0.2) is 4.79 Å². The highest BCUT2D eigenvalue weighted by atomic mass is 16.7. The van der Waals surface area contributed by atoms with Crippen molar-refractivity contribution >= 4 is 17.9 Å². The Morgan fingerprint density at radius 2 is 1.63 bits per heavy atom. The number of carbonyl (C=O) groups excluding carboxylic acids is 2. The van der Waals surface area contributed by atoms with Gasteiger partial charge in [0.1, 0.15) is 6.26 Å². The standard InChI is InChI=1S/C29H44N4O5/c1-7-10-11-12-13-33(29(4,5)6)28(36)38-32-16-14-31(15-17-32)27(35)24-18-23-21-37-26(30(8-2)9-3)20-22(23)19-25(24)34/h18-21H,7-17H2,1-6H3. The molecule has 0 spiro atoms. The summed E-state index contributed by atoms with van der Waals surface area (Å²) in [7, 11) is 0. The number of fused-ring (bicyclic) bond motifs is 1. The van der Waals surface area contributed by atoms with E-state index in [1.54, 1.807) is 27.2 Å². The summed E-state index contributed by atoms with van der Waals surface area (Å²) < 4.78 is 5.78. The van der Waals surface area contributed by atoms with Crippen LogP contribution in [-0.2, 0) is 4.84 Å². The summed E-state index contributed by atoms with van der Waals surface area (Å²) >= 11 is 0. The maximum Gasteiger partial charge on any atom is 0.429 e. The molecule has 1 saturated heterocycles. The van der Waals surface area contributed by atoms with E-state index in [1.165, 1.54) is 6.07 Å². The topological polar surface area (TPSA) is 86.5 Å². The Bertz CT molecular complexity index is 1100. The predicted octanol–water partition coefficient (Wildman–Crippen LogP) is 5.08. The minimum absolute atomic E-state index is 0.125. The Hall–Kier alpha value is -3.07. The number of hydroxylamine groups is 2. The van der Waals surface area contributed by atoms with Crippen LogP contribution in [0.1, 0.15) is 77.6 Å². The van der Waals surface area contributed by atoms with Gasteiger partial charge in [0, 0.05) is 49.9 Å². The molecule has 210 valence electrons. The van der Waals surface area contributed by atoms with E-state index in [1.807, 2.05) is 40.7 Å². The number of hydrogen-bond acceptors (Lipinski definition) is 7. The molecular weight excluding hydrogens is 484 g/mol. The Balaban J connectivity index is 1.62. The van der Waals surface area contributed by atoms with Crippen molar-refractivity contribution in [3.63, 3.8) is 0 Å². The first kappa shape index (κ1) is 29.5. The number of piperazine rings is 1. The lowest BCUT2D eigenvalue weighted by Crippen LogP contribution is -2.53. The summed E-state index contributed by atoms with van der Waals surface area (Å²) in [6.07, 6.45) is 5.55. The van der Waals surface area contributed by atoms with Gasteiger partial charge in [-0.05, 0) is 58.7 Å². The molecule has 0 N–H and O–H groups in total. The summed E-state index contributed by atoms with van der Waals surface area (Å²) in [5, 5.41) is 1.61. The zero-order valence-corrected chi connectivity index (χ0v) is 23.9. The lowest BCUT2D eigenvalue weighted by molar-refractivity contribution is -0.134. The van der Waals surface area contributed by atoms with Crippen molar-refractivity contribution < 1.29 is 18.8 Å². The van der Waals surface area contributed by atoms with E-state index in [4.69, 9.17) is 9.25 Å². The summed E-state index contributed by atoms with van der Waals surface area (Å²) in [5.41, 5.74) is 0.920. The average Bonchev–Trinajstić information content (AvgIpc) is 2.88. The molecule has 0 aromatic heterocycles. The van der Waals surface area contributed by atoms with Crippen LogP contribution in [0, 0.1) is 0 Å². The van der Waals surface area contributed by atoms with Crippen molar-refractivity contribution in [2.45, 2.75) is 72.8 Å². The van der Waals surface area contributed by atoms with Gasteiger partial charge >= 0.3 is 6.09 Å². The van der Waals surface area contributed by atoms with Crippen molar-refractivity contribution in [2.75, 3.05) is 50.7 Å². The van der Waals surface area contributed by atoms with E-state index >= 15 is 0 Å². The molecule has 0 bridgehead atoms. The van der Waals surface area contributed by atoms with Gasteiger partial charge in [0.2, 0.25) is 0 Å². The number of benzene rings is 1. The first-order valence-electron chi connectivity index (χ1n) is 13.9. The van der Waals surface area contributed by atoms with Crippen molar-refractivity contribution in [2.24, 2.45) is 0 Å². The second-order valence-electron chi connectivity index (χ2n) is 10.8. The van der Waals surface area contributed by atoms with Gasteiger partial charge in [0.15, 0.2) is 11.3 Å². The zero-order chi connectivity index (χ0) is 27.9. The number of anilines is 1. The molecule has 0 saturated carbocycles. The van der Waals surface area contributed by atoms with Gasteiger partial charge < -0.3 is 24.0 Å². The molecule has 3 aliphatic rings. The fraction of sp³-hybridized carbons (Fsp3) is 0.621. The second-order valence-corrected chi connectivity index (χ2v) is 10.8. The quantitative estimate of drug-likeness (QED) is 0.398. The van der Waals surface area contributed by atoms with Gasteiger partial charge in [-0.2, -0.15) is 0 Å². The molecule has 1 fully saturated rings. The maximum absolute atomic E-state index is 13.2. The van der Waals surface area contributed by atoms with Gasteiger partial charge in [-0.15, -0.1) is 5.06 Å². The van der Waals surface area contributed by atoms with E-state index in [2.05, 4.69) is 11.8 Å². The minimum atomic E-state index is -0.363. The van der Waals surface area contributed by atoms with Gasteiger partial charge in [-0.3, -0.25) is 9.59 Å². The predicted molar refractivity (Wildman–Crippen MR) is 150 cm³/mol. The summed E-state index contributed by atoms with van der Waals surface area (Å²) in [6.45, 7) is 16.0. The zero-order valence-electron chi connectivity index (χ0n) is 23.9. The summed E-state index contributed by atoms with van der Waals surface area (Å²) in [5.74, 6) is 0.376. The fourth-order valence-corrected chi connectivity index (χ4v) is 4.71. The van der Waals surface area contributed by atoms with Crippen LogP contribution < -0.4 is 10.3 Å². The van der Waals surface area contributed by atoms with E-state index in [9.17, 15) is 14.4 Å². The van der Waals surface area contributed by atoms with Crippen LogP contribution >= 0.6 is 0 Å². The van der Waals surface area contributed by atoms with Crippen LogP contribution in [0.3, 0.4) is 0 Å². The van der Waals surface area contributed by atoms with Crippen LogP contribution in [0.5, 0.6) is 0 Å². The largest absolute Gasteiger partial charge is 0.448 e. The highest BCUT2D eigenvalue weighted by Gasteiger charge is 2.31. The van der Waals surface area contributed by atoms with Gasteiger partial charge in [0.25, 0.3) is 5.91 Å². The second kappa shape index (κ2) is 13.1. The molecule has 0 atom stereocenters. The molecule has 1 aliphatic carbocycles. The van der Waals surface area contributed by atoms with Crippen LogP contribution in [-0.4, -0.2) is 78.2 Å². The molecule has 38 heavy (non-hydrogen) atoms. The van der Waals surface area contributed by atoms with Gasteiger partial charge in [-0.1, -0.05) is 26.2 Å². The Morgan fingerprint density at radius 1 is 0.947 bits per heavy atom. The molecule has 3 rings (SSSR count). The third-order valence-electron chi connectivity index (χ3n) is 7.07. The van der Waals surface area contributed by atoms with Crippen LogP contribution in [0.2, 0.25) is 0 Å². The van der Waals surface area contributed by atoms with Gasteiger partial charge in [0.05, 0.1) is 18.7 Å². The molecule has 0 aromatic carbocycles. The monoisotopic (exact) mass is 528 g/mol. The molecule has 0 radical (unpaired) electrons. The molecule has 9 nitrogen and oxygen atoms in total. The molecular formula is C29H44N4O5. The van der Waals surface area contributed by atoms with E-state index < -0.39 is 0 Å². The third-order valence-corrected chi connectivity index (χ3v) is 7.07. The van der Waals surface area contributed by atoms with Crippen LogP contribution in [0.4, 0.5) is 10.7 Å². The first-order chi connectivity index (χ1) is 18.1.